The van der Waals surface area contributed by atoms with Gasteiger partial charge in [0.1, 0.15) is 10.8 Å². The Morgan fingerprint density at radius 1 is 0.963 bits per heavy atom. The molecule has 0 unspecified atom stereocenters. The maximum absolute atomic E-state index is 13.8. The third-order valence-corrected chi connectivity index (χ3v) is 4.82. The van der Waals surface area contributed by atoms with Crippen molar-refractivity contribution >= 4 is 11.8 Å². The normalized spacial score (nSPS) is 10.9. The maximum atomic E-state index is 13.8. The van der Waals surface area contributed by atoms with Crippen LogP contribution in [0.4, 0.5) is 4.39 Å². The fourth-order valence-corrected chi connectivity index (χ4v) is 3.13. The Balaban J connectivity index is 1.42. The van der Waals surface area contributed by atoms with Crippen molar-refractivity contribution < 1.29 is 8.91 Å². The van der Waals surface area contributed by atoms with Crippen LogP contribution in [0.25, 0.3) is 22.6 Å². The van der Waals surface area contributed by atoms with Crippen LogP contribution < -0.4 is 0 Å². The highest BCUT2D eigenvalue weighted by Crippen LogP contribution is 2.24. The Labute approximate surface area is 159 Å². The molecule has 0 fully saturated rings. The van der Waals surface area contributed by atoms with Gasteiger partial charge in [-0.15, -0.1) is 10.2 Å². The lowest BCUT2D eigenvalue weighted by molar-refractivity contribution is 0.391. The molecular weight excluding hydrogens is 363 g/mol. The molecule has 27 heavy (non-hydrogen) atoms. The van der Waals surface area contributed by atoms with Gasteiger partial charge in [-0.2, -0.15) is 4.98 Å². The molecular formula is C20H15FN4OS. The Hall–Kier alpha value is -3.06. The predicted octanol–water partition coefficient (Wildman–Crippen LogP) is 4.93. The minimum atomic E-state index is -0.318. The molecule has 0 bridgehead atoms. The van der Waals surface area contributed by atoms with Crippen LogP contribution in [0.3, 0.4) is 0 Å². The second-order valence-corrected chi connectivity index (χ2v) is 6.90. The fourth-order valence-electron chi connectivity index (χ4n) is 2.48. The van der Waals surface area contributed by atoms with Gasteiger partial charge in [0.05, 0.1) is 11.4 Å². The van der Waals surface area contributed by atoms with E-state index in [9.17, 15) is 4.39 Å². The first kappa shape index (κ1) is 17.4. The molecule has 0 atom stereocenters. The number of benzene rings is 2. The summed E-state index contributed by atoms with van der Waals surface area (Å²) in [6.45, 7) is 2.03. The van der Waals surface area contributed by atoms with Crippen LogP contribution in [-0.4, -0.2) is 20.3 Å². The van der Waals surface area contributed by atoms with E-state index in [1.165, 1.54) is 23.4 Å². The zero-order valence-corrected chi connectivity index (χ0v) is 15.3. The van der Waals surface area contributed by atoms with Gasteiger partial charge in [-0.1, -0.05) is 58.9 Å². The summed E-state index contributed by atoms with van der Waals surface area (Å²) >= 11 is 1.43. The molecule has 0 radical (unpaired) electrons. The average molecular weight is 378 g/mol. The third kappa shape index (κ3) is 4.03. The lowest BCUT2D eigenvalue weighted by Gasteiger charge is -2.02. The molecule has 0 N–H and O–H groups in total. The molecule has 0 spiro atoms. The van der Waals surface area contributed by atoms with Crippen LogP contribution in [0.2, 0.25) is 0 Å². The van der Waals surface area contributed by atoms with Gasteiger partial charge >= 0.3 is 0 Å². The number of hydrogen-bond acceptors (Lipinski definition) is 6. The molecule has 0 aliphatic carbocycles. The molecule has 134 valence electrons. The van der Waals surface area contributed by atoms with Crippen molar-refractivity contribution in [3.8, 4) is 22.6 Å². The standard InChI is InChI=1S/C20H15FN4OS/c1-13-6-8-14(9-7-13)20-22-18(26-25-20)12-27-19-11-10-17(23-24-19)15-4-2-3-5-16(15)21/h2-11H,12H2,1H3. The monoisotopic (exact) mass is 378 g/mol. The molecule has 2 aromatic heterocycles. The van der Waals surface area contributed by atoms with Gasteiger partial charge in [0.15, 0.2) is 0 Å². The average Bonchev–Trinajstić information content (AvgIpc) is 3.17. The second kappa shape index (κ2) is 7.67. The number of thioether (sulfide) groups is 1. The molecule has 0 amide bonds. The first-order valence-electron chi connectivity index (χ1n) is 8.30. The largest absolute Gasteiger partial charge is 0.338 e. The van der Waals surface area contributed by atoms with Crippen LogP contribution in [0, 0.1) is 12.7 Å². The summed E-state index contributed by atoms with van der Waals surface area (Å²) in [5, 5.41) is 13.0. The molecule has 5 nitrogen and oxygen atoms in total. The minimum absolute atomic E-state index is 0.318. The number of halogens is 1. The van der Waals surface area contributed by atoms with Gasteiger partial charge in [-0.25, -0.2) is 4.39 Å². The smallest absolute Gasteiger partial charge is 0.237 e. The SMILES string of the molecule is Cc1ccc(-c2noc(CSc3ccc(-c4ccccc4F)nn3)n2)cc1. The third-order valence-electron chi connectivity index (χ3n) is 3.91. The highest BCUT2D eigenvalue weighted by Gasteiger charge is 2.10. The Bertz CT molecular complexity index is 1050. The molecule has 0 aliphatic rings. The maximum Gasteiger partial charge on any atom is 0.237 e. The Morgan fingerprint density at radius 3 is 2.52 bits per heavy atom. The summed E-state index contributed by atoms with van der Waals surface area (Å²) in [6, 6.07) is 18.0. The van der Waals surface area contributed by atoms with Crippen molar-refractivity contribution in [3.63, 3.8) is 0 Å². The number of hydrogen-bond donors (Lipinski definition) is 0. The number of rotatable bonds is 5. The van der Waals surface area contributed by atoms with Crippen molar-refractivity contribution in [2.45, 2.75) is 17.7 Å². The first-order valence-corrected chi connectivity index (χ1v) is 9.29. The van der Waals surface area contributed by atoms with E-state index in [-0.39, 0.29) is 5.82 Å². The van der Waals surface area contributed by atoms with Gasteiger partial charge < -0.3 is 4.52 Å². The van der Waals surface area contributed by atoms with Gasteiger partial charge in [-0.05, 0) is 31.2 Å². The summed E-state index contributed by atoms with van der Waals surface area (Å²) in [5.74, 6) is 1.23. The van der Waals surface area contributed by atoms with E-state index in [0.29, 0.717) is 33.8 Å². The molecule has 0 saturated carbocycles. The summed E-state index contributed by atoms with van der Waals surface area (Å²) in [6.07, 6.45) is 0. The van der Waals surface area contributed by atoms with Crippen LogP contribution in [0.15, 0.2) is 70.2 Å². The van der Waals surface area contributed by atoms with Crippen molar-refractivity contribution in [1.29, 1.82) is 0 Å². The van der Waals surface area contributed by atoms with E-state index in [1.807, 2.05) is 31.2 Å². The second-order valence-electron chi connectivity index (χ2n) is 5.90. The van der Waals surface area contributed by atoms with E-state index < -0.39 is 0 Å². The topological polar surface area (TPSA) is 64.7 Å². The Kier molecular flexibility index (Phi) is 4.93. The van der Waals surface area contributed by atoms with E-state index in [0.717, 1.165) is 5.56 Å². The summed E-state index contributed by atoms with van der Waals surface area (Å²) in [5.41, 5.74) is 3.02. The van der Waals surface area contributed by atoms with Crippen LogP contribution in [-0.2, 0) is 5.75 Å². The van der Waals surface area contributed by atoms with Gasteiger partial charge in [0, 0.05) is 11.1 Å². The molecule has 4 aromatic rings. The highest BCUT2D eigenvalue weighted by atomic mass is 32.2. The molecule has 4 rings (SSSR count). The van der Waals surface area contributed by atoms with Gasteiger partial charge in [0.2, 0.25) is 11.7 Å². The molecule has 2 aromatic carbocycles. The van der Waals surface area contributed by atoms with Crippen LogP contribution in [0.5, 0.6) is 0 Å². The lowest BCUT2D eigenvalue weighted by atomic mass is 10.1. The summed E-state index contributed by atoms with van der Waals surface area (Å²) < 4.78 is 19.1. The zero-order chi connectivity index (χ0) is 18.6. The summed E-state index contributed by atoms with van der Waals surface area (Å²) in [4.78, 5) is 4.41. The predicted molar refractivity (Wildman–Crippen MR) is 101 cm³/mol. The van der Waals surface area contributed by atoms with E-state index in [2.05, 4.69) is 20.3 Å². The quantitative estimate of drug-likeness (QED) is 0.459. The van der Waals surface area contributed by atoms with E-state index in [1.54, 1.807) is 30.3 Å². The van der Waals surface area contributed by atoms with Crippen molar-refractivity contribution in [3.05, 3.63) is 77.9 Å². The minimum Gasteiger partial charge on any atom is -0.338 e. The fraction of sp³-hybridized carbons (Fsp3) is 0.100. The van der Waals surface area contributed by atoms with Crippen molar-refractivity contribution in [1.82, 2.24) is 20.3 Å². The van der Waals surface area contributed by atoms with Crippen molar-refractivity contribution in [2.75, 3.05) is 0 Å². The van der Waals surface area contributed by atoms with Gasteiger partial charge in [-0.3, -0.25) is 0 Å². The van der Waals surface area contributed by atoms with Crippen molar-refractivity contribution in [2.24, 2.45) is 0 Å². The van der Waals surface area contributed by atoms with Crippen LogP contribution >= 0.6 is 11.8 Å². The van der Waals surface area contributed by atoms with Crippen LogP contribution in [0.1, 0.15) is 11.5 Å². The number of aryl methyl sites for hydroxylation is 1. The molecule has 0 saturated heterocycles. The molecule has 7 heteroatoms. The summed E-state index contributed by atoms with van der Waals surface area (Å²) in [7, 11) is 0. The molecule has 0 aliphatic heterocycles. The highest BCUT2D eigenvalue weighted by molar-refractivity contribution is 7.98. The van der Waals surface area contributed by atoms with E-state index in [4.69, 9.17) is 4.52 Å². The molecule has 2 heterocycles. The van der Waals surface area contributed by atoms with Gasteiger partial charge in [0.25, 0.3) is 0 Å². The number of aromatic nitrogens is 4. The first-order chi connectivity index (χ1) is 13.2. The Morgan fingerprint density at radius 2 is 1.78 bits per heavy atom. The number of nitrogens with zero attached hydrogens (tertiary/aromatic N) is 4. The van der Waals surface area contributed by atoms with E-state index >= 15 is 0 Å². The lowest BCUT2D eigenvalue weighted by Crippen LogP contribution is -1.92. The zero-order valence-electron chi connectivity index (χ0n) is 14.5.